The molecule has 0 saturated carbocycles. The number of nitrogens with one attached hydrogen (secondary N) is 1. The zero-order valence-corrected chi connectivity index (χ0v) is 17.2. The number of rotatable bonds is 5. The summed E-state index contributed by atoms with van der Waals surface area (Å²) in [5.41, 5.74) is 7.66. The largest absolute Gasteiger partial charge is 0.252 e. The van der Waals surface area contributed by atoms with Crippen molar-refractivity contribution in [3.05, 3.63) is 76.1 Å². The molecule has 0 amide bonds. The summed E-state index contributed by atoms with van der Waals surface area (Å²) < 4.78 is 14.8. The number of hydrogen-bond donors (Lipinski definition) is 1. The van der Waals surface area contributed by atoms with E-state index in [4.69, 9.17) is 11.6 Å². The molecule has 0 fully saturated rings. The van der Waals surface area contributed by atoms with Crippen LogP contribution in [0.5, 0.6) is 0 Å². The van der Waals surface area contributed by atoms with Crippen LogP contribution in [0, 0.1) is 12.7 Å². The van der Waals surface area contributed by atoms with Gasteiger partial charge in [0.1, 0.15) is 11.5 Å². The van der Waals surface area contributed by atoms with E-state index in [1.165, 1.54) is 23.5 Å². The van der Waals surface area contributed by atoms with Crippen molar-refractivity contribution in [3.8, 4) is 16.9 Å². The Hall–Kier alpha value is -3.10. The van der Waals surface area contributed by atoms with Crippen LogP contribution in [-0.4, -0.2) is 25.7 Å². The number of hydrogen-bond acceptors (Lipinski definition) is 6. The summed E-state index contributed by atoms with van der Waals surface area (Å²) in [5.74, 6) is -0.296. The maximum Gasteiger partial charge on any atom is 0.203 e. The molecular weight excluding hydrogens is 411 g/mol. The van der Waals surface area contributed by atoms with Crippen LogP contribution in [-0.2, 0) is 0 Å². The lowest BCUT2D eigenvalue weighted by Crippen LogP contribution is -2.04. The van der Waals surface area contributed by atoms with Crippen LogP contribution in [0.2, 0.25) is 5.02 Å². The molecule has 0 radical (unpaired) electrons. The van der Waals surface area contributed by atoms with Gasteiger partial charge in [0.15, 0.2) is 0 Å². The van der Waals surface area contributed by atoms with Crippen LogP contribution in [0.25, 0.3) is 16.9 Å². The molecule has 0 spiro atoms. The van der Waals surface area contributed by atoms with Gasteiger partial charge in [-0.2, -0.15) is 5.10 Å². The third-order valence-corrected chi connectivity index (χ3v) is 5.27. The molecule has 4 rings (SSSR count). The lowest BCUT2D eigenvalue weighted by atomic mass is 10.2. The molecule has 0 aliphatic heterocycles. The van der Waals surface area contributed by atoms with E-state index in [-0.39, 0.29) is 5.82 Å². The first-order valence-corrected chi connectivity index (χ1v) is 9.97. The van der Waals surface area contributed by atoms with Crippen LogP contribution < -0.4 is 5.43 Å². The molecule has 0 unspecified atom stereocenters. The molecule has 2 aromatic carbocycles. The zero-order chi connectivity index (χ0) is 20.4. The van der Waals surface area contributed by atoms with Gasteiger partial charge in [-0.3, -0.25) is 5.43 Å². The Morgan fingerprint density at radius 1 is 1.14 bits per heavy atom. The Bertz CT molecular complexity index is 1160. The van der Waals surface area contributed by atoms with E-state index in [0.29, 0.717) is 21.6 Å². The van der Waals surface area contributed by atoms with E-state index >= 15 is 0 Å². The van der Waals surface area contributed by atoms with E-state index in [9.17, 15) is 4.39 Å². The Kier molecular flexibility index (Phi) is 5.37. The van der Waals surface area contributed by atoms with Gasteiger partial charge in [0.2, 0.25) is 5.13 Å². The third kappa shape index (κ3) is 4.18. The second-order valence-electron chi connectivity index (χ2n) is 6.27. The zero-order valence-electron chi connectivity index (χ0n) is 15.6. The van der Waals surface area contributed by atoms with Gasteiger partial charge < -0.3 is 0 Å². The maximum absolute atomic E-state index is 13.1. The Morgan fingerprint density at radius 2 is 1.86 bits per heavy atom. The van der Waals surface area contributed by atoms with Crippen molar-refractivity contribution in [1.82, 2.24) is 20.0 Å². The highest BCUT2D eigenvalue weighted by Gasteiger charge is 2.13. The topological polar surface area (TPSA) is 68.0 Å². The van der Waals surface area contributed by atoms with E-state index in [1.54, 1.807) is 16.8 Å². The number of hydrazone groups is 1. The summed E-state index contributed by atoms with van der Waals surface area (Å²) in [7, 11) is 0. The predicted octanol–water partition coefficient (Wildman–Crippen LogP) is 5.33. The number of benzene rings is 2. The van der Waals surface area contributed by atoms with Gasteiger partial charge in [-0.15, -0.1) is 16.4 Å². The standard InChI is InChI=1S/C20H16ClFN6S/c1-12(19-13(2)28(27-25-19)17-9-7-16(22)8-10-17)24-26-20-23-18(11-29-20)14-3-5-15(21)6-4-14/h3-11H,1-2H3,(H,23,26)/b24-12+. The molecule has 4 aromatic rings. The number of anilines is 1. The van der Waals surface area contributed by atoms with Gasteiger partial charge in [-0.1, -0.05) is 28.9 Å². The second-order valence-corrected chi connectivity index (χ2v) is 7.56. The number of thiazole rings is 1. The highest BCUT2D eigenvalue weighted by molar-refractivity contribution is 7.14. The van der Waals surface area contributed by atoms with Crippen molar-refractivity contribution < 1.29 is 4.39 Å². The molecule has 9 heteroatoms. The molecular formula is C20H16ClFN6S. The minimum atomic E-state index is -0.296. The smallest absolute Gasteiger partial charge is 0.203 e. The molecule has 6 nitrogen and oxygen atoms in total. The summed E-state index contributed by atoms with van der Waals surface area (Å²) in [6, 6.07) is 13.6. The molecule has 146 valence electrons. The highest BCUT2D eigenvalue weighted by atomic mass is 35.5. The maximum atomic E-state index is 13.1. The fourth-order valence-corrected chi connectivity index (χ4v) is 3.54. The van der Waals surface area contributed by atoms with Crippen molar-refractivity contribution in [3.63, 3.8) is 0 Å². The highest BCUT2D eigenvalue weighted by Crippen LogP contribution is 2.26. The van der Waals surface area contributed by atoms with Crippen LogP contribution in [0.15, 0.2) is 59.0 Å². The van der Waals surface area contributed by atoms with Crippen LogP contribution in [0.1, 0.15) is 18.3 Å². The van der Waals surface area contributed by atoms with Crippen LogP contribution in [0.3, 0.4) is 0 Å². The molecule has 29 heavy (non-hydrogen) atoms. The van der Waals surface area contributed by atoms with Crippen molar-refractivity contribution in [2.24, 2.45) is 5.10 Å². The summed E-state index contributed by atoms with van der Waals surface area (Å²) in [6.07, 6.45) is 0. The van der Waals surface area contributed by atoms with E-state index in [0.717, 1.165) is 22.6 Å². The first-order valence-electron chi connectivity index (χ1n) is 8.71. The SMILES string of the molecule is C/C(=N\Nc1nc(-c2ccc(Cl)cc2)cs1)c1nnn(-c2ccc(F)cc2)c1C. The van der Waals surface area contributed by atoms with E-state index in [2.05, 4.69) is 25.8 Å². The van der Waals surface area contributed by atoms with Crippen LogP contribution in [0.4, 0.5) is 9.52 Å². The van der Waals surface area contributed by atoms with Crippen LogP contribution >= 0.6 is 22.9 Å². The van der Waals surface area contributed by atoms with Gasteiger partial charge in [0, 0.05) is 16.0 Å². The summed E-state index contributed by atoms with van der Waals surface area (Å²) >= 11 is 7.38. The quantitative estimate of drug-likeness (QED) is 0.346. The van der Waals surface area contributed by atoms with Crippen molar-refractivity contribution in [2.75, 3.05) is 5.43 Å². The molecule has 1 N–H and O–H groups in total. The van der Waals surface area contributed by atoms with Gasteiger partial charge in [-0.25, -0.2) is 14.1 Å². The summed E-state index contributed by atoms with van der Waals surface area (Å²) in [6.45, 7) is 3.73. The third-order valence-electron chi connectivity index (χ3n) is 4.27. The molecule has 0 bridgehead atoms. The second kappa shape index (κ2) is 8.10. The fourth-order valence-electron chi connectivity index (χ4n) is 2.75. The van der Waals surface area contributed by atoms with E-state index < -0.39 is 0 Å². The average Bonchev–Trinajstić information content (AvgIpc) is 3.34. The molecule has 0 atom stereocenters. The van der Waals surface area contributed by atoms with Gasteiger partial charge >= 0.3 is 0 Å². The normalized spacial score (nSPS) is 11.7. The first-order chi connectivity index (χ1) is 14.0. The Balaban J connectivity index is 1.51. The Morgan fingerprint density at radius 3 is 2.59 bits per heavy atom. The van der Waals surface area contributed by atoms with Crippen molar-refractivity contribution in [2.45, 2.75) is 13.8 Å². The van der Waals surface area contributed by atoms with Gasteiger partial charge in [-0.05, 0) is 50.2 Å². The van der Waals surface area contributed by atoms with Crippen molar-refractivity contribution in [1.29, 1.82) is 0 Å². The van der Waals surface area contributed by atoms with E-state index in [1.807, 2.05) is 43.5 Å². The summed E-state index contributed by atoms with van der Waals surface area (Å²) in [4.78, 5) is 4.54. The van der Waals surface area contributed by atoms with Crippen molar-refractivity contribution >= 4 is 33.8 Å². The lowest BCUT2D eigenvalue weighted by molar-refractivity contribution is 0.626. The molecule has 0 aliphatic carbocycles. The minimum absolute atomic E-state index is 0.296. The monoisotopic (exact) mass is 426 g/mol. The van der Waals surface area contributed by atoms with Gasteiger partial charge in [0.25, 0.3) is 0 Å². The molecule has 0 aliphatic rings. The number of aromatic nitrogens is 4. The summed E-state index contributed by atoms with van der Waals surface area (Å²) in [5, 5.41) is 16.0. The average molecular weight is 427 g/mol. The minimum Gasteiger partial charge on any atom is -0.252 e. The molecule has 2 aromatic heterocycles. The number of halogens is 2. The molecule has 0 saturated heterocycles. The first kappa shape index (κ1) is 19.2. The lowest BCUT2D eigenvalue weighted by Gasteiger charge is -2.03. The number of nitrogens with zero attached hydrogens (tertiary/aromatic N) is 5. The predicted molar refractivity (Wildman–Crippen MR) is 114 cm³/mol. The Labute approximate surface area is 175 Å². The van der Waals surface area contributed by atoms with Gasteiger partial charge in [0.05, 0.1) is 22.8 Å². The fraction of sp³-hybridized carbons (Fsp3) is 0.100. The molecule has 2 heterocycles.